The third-order valence-electron chi connectivity index (χ3n) is 5.97. The maximum absolute atomic E-state index is 13.1. The van der Waals surface area contributed by atoms with Gasteiger partial charge in [-0.3, -0.25) is 9.59 Å². The van der Waals surface area contributed by atoms with Crippen LogP contribution in [-0.2, 0) is 9.59 Å². The molecule has 3 heterocycles. The molecule has 0 spiro atoms. The third-order valence-corrected chi connectivity index (χ3v) is 5.97. The SMILES string of the molecule is Cc1ccc(-c2nn(-c3ccccc3)cc2[C@@H]2CC(c3ccco3)=NN2C(=O)CCC(=O)O)cc1. The van der Waals surface area contributed by atoms with Gasteiger partial charge in [-0.15, -0.1) is 0 Å². The van der Waals surface area contributed by atoms with Gasteiger partial charge in [-0.25, -0.2) is 9.69 Å². The Balaban J connectivity index is 1.60. The van der Waals surface area contributed by atoms with Gasteiger partial charge in [-0.2, -0.15) is 10.2 Å². The summed E-state index contributed by atoms with van der Waals surface area (Å²) in [6, 6.07) is 20.9. The van der Waals surface area contributed by atoms with E-state index in [2.05, 4.69) is 5.10 Å². The summed E-state index contributed by atoms with van der Waals surface area (Å²) in [5.41, 5.74) is 5.14. The number of benzene rings is 2. The minimum Gasteiger partial charge on any atom is -0.481 e. The van der Waals surface area contributed by atoms with Crippen molar-refractivity contribution in [3.05, 3.63) is 96.1 Å². The van der Waals surface area contributed by atoms with E-state index in [1.807, 2.05) is 67.7 Å². The van der Waals surface area contributed by atoms with Gasteiger partial charge in [0.15, 0.2) is 0 Å². The van der Waals surface area contributed by atoms with Crippen molar-refractivity contribution in [2.45, 2.75) is 32.2 Å². The van der Waals surface area contributed by atoms with E-state index in [1.54, 1.807) is 23.1 Å². The van der Waals surface area contributed by atoms with Gasteiger partial charge < -0.3 is 9.52 Å². The Morgan fingerprint density at radius 2 is 1.80 bits per heavy atom. The summed E-state index contributed by atoms with van der Waals surface area (Å²) in [6.45, 7) is 2.02. The van der Waals surface area contributed by atoms with Gasteiger partial charge in [0, 0.05) is 30.2 Å². The molecule has 0 fully saturated rings. The molecule has 0 saturated carbocycles. The number of aliphatic carboxylic acids is 1. The van der Waals surface area contributed by atoms with Crippen molar-refractivity contribution < 1.29 is 19.1 Å². The van der Waals surface area contributed by atoms with Crippen LogP contribution in [-0.4, -0.2) is 37.5 Å². The fourth-order valence-corrected chi connectivity index (χ4v) is 4.18. The zero-order valence-corrected chi connectivity index (χ0v) is 19.2. The van der Waals surface area contributed by atoms with E-state index >= 15 is 0 Å². The highest BCUT2D eigenvalue weighted by atomic mass is 16.4. The molecular weight excluding hydrogens is 444 g/mol. The predicted octanol–water partition coefficient (Wildman–Crippen LogP) is 4.98. The van der Waals surface area contributed by atoms with E-state index < -0.39 is 12.0 Å². The summed E-state index contributed by atoms with van der Waals surface area (Å²) >= 11 is 0. The van der Waals surface area contributed by atoms with E-state index in [4.69, 9.17) is 14.6 Å². The molecule has 0 unspecified atom stereocenters. The minimum atomic E-state index is -1.03. The van der Waals surface area contributed by atoms with E-state index in [-0.39, 0.29) is 18.7 Å². The van der Waals surface area contributed by atoms with Crippen molar-refractivity contribution in [1.29, 1.82) is 0 Å². The van der Waals surface area contributed by atoms with Gasteiger partial charge in [0.25, 0.3) is 0 Å². The molecule has 1 atom stereocenters. The molecule has 35 heavy (non-hydrogen) atoms. The number of aromatic nitrogens is 2. The fourth-order valence-electron chi connectivity index (χ4n) is 4.18. The van der Waals surface area contributed by atoms with Gasteiger partial charge in [-0.05, 0) is 31.2 Å². The molecule has 0 saturated heterocycles. The predicted molar refractivity (Wildman–Crippen MR) is 130 cm³/mol. The number of carboxylic acids is 1. The van der Waals surface area contributed by atoms with Crippen LogP contribution in [0.2, 0.25) is 0 Å². The van der Waals surface area contributed by atoms with Crippen LogP contribution < -0.4 is 0 Å². The van der Waals surface area contributed by atoms with Crippen LogP contribution >= 0.6 is 0 Å². The summed E-state index contributed by atoms with van der Waals surface area (Å²) in [6.07, 6.45) is 3.50. The van der Waals surface area contributed by atoms with Crippen LogP contribution in [0.5, 0.6) is 0 Å². The largest absolute Gasteiger partial charge is 0.481 e. The molecule has 5 rings (SSSR count). The number of furan rings is 1. The quantitative estimate of drug-likeness (QED) is 0.412. The van der Waals surface area contributed by atoms with Crippen molar-refractivity contribution in [2.75, 3.05) is 0 Å². The number of para-hydroxylation sites is 1. The number of rotatable bonds is 7. The zero-order valence-electron chi connectivity index (χ0n) is 19.2. The molecule has 1 aliphatic rings. The second kappa shape index (κ2) is 9.42. The monoisotopic (exact) mass is 468 g/mol. The Hall–Kier alpha value is -4.46. The van der Waals surface area contributed by atoms with Gasteiger partial charge in [0.05, 0.1) is 30.1 Å². The lowest BCUT2D eigenvalue weighted by Gasteiger charge is -2.21. The number of hydrogen-bond acceptors (Lipinski definition) is 5. The highest BCUT2D eigenvalue weighted by Gasteiger charge is 2.36. The third kappa shape index (κ3) is 4.63. The van der Waals surface area contributed by atoms with Crippen LogP contribution in [0.15, 0.2) is 88.7 Å². The second-order valence-electron chi connectivity index (χ2n) is 8.46. The van der Waals surface area contributed by atoms with Crippen LogP contribution in [0.1, 0.15) is 42.2 Å². The molecule has 0 radical (unpaired) electrons. The number of carbonyl (C=O) groups excluding carboxylic acids is 1. The summed E-state index contributed by atoms with van der Waals surface area (Å²) in [5, 5.41) is 20.0. The van der Waals surface area contributed by atoms with Crippen LogP contribution in [0.25, 0.3) is 16.9 Å². The lowest BCUT2D eigenvalue weighted by atomic mass is 9.97. The Kier molecular flexibility index (Phi) is 6.01. The first-order valence-electron chi connectivity index (χ1n) is 11.4. The normalized spacial score (nSPS) is 15.3. The second-order valence-corrected chi connectivity index (χ2v) is 8.46. The highest BCUT2D eigenvalue weighted by Crippen LogP contribution is 2.38. The molecule has 176 valence electrons. The number of nitrogens with zero attached hydrogens (tertiary/aromatic N) is 4. The Bertz CT molecular complexity index is 1370. The van der Waals surface area contributed by atoms with Crippen molar-refractivity contribution in [2.24, 2.45) is 5.10 Å². The van der Waals surface area contributed by atoms with Crippen molar-refractivity contribution in [3.8, 4) is 16.9 Å². The standard InChI is InChI=1S/C27H24N4O4/c1-18-9-11-19(12-10-18)27-21(17-30(29-27)20-6-3-2-4-7-20)23-16-22(24-8-5-15-35-24)28-31(23)25(32)13-14-26(33)34/h2-12,15,17,23H,13-14,16H2,1H3,(H,33,34)/t23-/m0/s1. The smallest absolute Gasteiger partial charge is 0.303 e. The molecule has 0 bridgehead atoms. The van der Waals surface area contributed by atoms with E-state index in [1.165, 1.54) is 5.01 Å². The molecule has 8 heteroatoms. The molecule has 8 nitrogen and oxygen atoms in total. The van der Waals surface area contributed by atoms with Gasteiger partial charge in [-0.1, -0.05) is 48.0 Å². The summed E-state index contributed by atoms with van der Waals surface area (Å²) < 4.78 is 7.35. The molecule has 1 N–H and O–H groups in total. The van der Waals surface area contributed by atoms with Crippen LogP contribution in [0.4, 0.5) is 0 Å². The fraction of sp³-hybridized carbons (Fsp3) is 0.185. The Morgan fingerprint density at radius 3 is 2.49 bits per heavy atom. The first kappa shape index (κ1) is 22.3. The average molecular weight is 469 g/mol. The molecule has 0 aliphatic carbocycles. The lowest BCUT2D eigenvalue weighted by molar-refractivity contribution is -0.141. The van der Waals surface area contributed by atoms with Crippen molar-refractivity contribution in [3.63, 3.8) is 0 Å². The highest BCUT2D eigenvalue weighted by molar-refractivity contribution is 6.01. The number of hydrogen-bond donors (Lipinski definition) is 1. The molecule has 2 aromatic carbocycles. The first-order valence-corrected chi connectivity index (χ1v) is 11.4. The van der Waals surface area contributed by atoms with E-state index in [0.717, 1.165) is 28.1 Å². The Morgan fingerprint density at radius 1 is 1.03 bits per heavy atom. The summed E-state index contributed by atoms with van der Waals surface area (Å²) in [5.74, 6) is -0.807. The van der Waals surface area contributed by atoms with Crippen LogP contribution in [0, 0.1) is 6.92 Å². The molecule has 1 amide bonds. The number of carboxylic acid groups (broad SMARTS) is 1. The maximum Gasteiger partial charge on any atom is 0.303 e. The van der Waals surface area contributed by atoms with E-state index in [0.29, 0.717) is 17.9 Å². The van der Waals surface area contributed by atoms with Crippen molar-refractivity contribution in [1.82, 2.24) is 14.8 Å². The average Bonchev–Trinajstić information content (AvgIpc) is 3.63. The topological polar surface area (TPSA) is 101 Å². The van der Waals surface area contributed by atoms with Gasteiger partial charge in [0.1, 0.15) is 11.5 Å². The molecular formula is C27H24N4O4. The van der Waals surface area contributed by atoms with Crippen LogP contribution in [0.3, 0.4) is 0 Å². The number of carbonyl (C=O) groups is 2. The summed E-state index contributed by atoms with van der Waals surface area (Å²) in [7, 11) is 0. The van der Waals surface area contributed by atoms with Gasteiger partial charge in [0.2, 0.25) is 5.91 Å². The van der Waals surface area contributed by atoms with Crippen molar-refractivity contribution >= 4 is 17.6 Å². The van der Waals surface area contributed by atoms with E-state index in [9.17, 15) is 9.59 Å². The molecule has 2 aromatic heterocycles. The lowest BCUT2D eigenvalue weighted by Crippen LogP contribution is -2.27. The minimum absolute atomic E-state index is 0.145. The molecule has 1 aliphatic heterocycles. The summed E-state index contributed by atoms with van der Waals surface area (Å²) in [4.78, 5) is 24.2. The number of amides is 1. The Labute approximate surface area is 202 Å². The van der Waals surface area contributed by atoms with Gasteiger partial charge >= 0.3 is 5.97 Å². The maximum atomic E-state index is 13.1. The first-order chi connectivity index (χ1) is 17.0. The zero-order chi connectivity index (χ0) is 24.4. The number of aryl methyl sites for hydroxylation is 1. The number of hydrazone groups is 1. The molecule has 4 aromatic rings.